The summed E-state index contributed by atoms with van der Waals surface area (Å²) in [6.45, 7) is 5.54. The minimum atomic E-state index is -3.38. The van der Waals surface area contributed by atoms with Crippen molar-refractivity contribution in [2.45, 2.75) is 37.5 Å². The number of piperazine rings is 1. The molecule has 3 aliphatic heterocycles. The van der Waals surface area contributed by atoms with Gasteiger partial charge >= 0.3 is 5.92 Å². The van der Waals surface area contributed by atoms with Crippen LogP contribution in [-0.4, -0.2) is 120 Å². The van der Waals surface area contributed by atoms with E-state index in [1.54, 1.807) is 25.4 Å². The van der Waals surface area contributed by atoms with Crippen molar-refractivity contribution in [3.05, 3.63) is 48.2 Å². The summed E-state index contributed by atoms with van der Waals surface area (Å²) in [6, 6.07) is 12.6. The summed E-state index contributed by atoms with van der Waals surface area (Å²) in [5.41, 5.74) is 1.99. The Hall–Kier alpha value is -4.65. The molecular formula is C32H36F2N8O5. The van der Waals surface area contributed by atoms with Gasteiger partial charge in [0.25, 0.3) is 5.91 Å². The lowest BCUT2D eigenvalue weighted by Crippen LogP contribution is -2.56. The second-order valence-corrected chi connectivity index (χ2v) is 11.7. The Kier molecular flexibility index (Phi) is 9.35. The first kappa shape index (κ1) is 32.3. The van der Waals surface area contributed by atoms with Crippen LogP contribution < -0.4 is 19.7 Å². The summed E-state index contributed by atoms with van der Waals surface area (Å²) in [4.78, 5) is 31.2. The predicted molar refractivity (Wildman–Crippen MR) is 167 cm³/mol. The highest BCUT2D eigenvalue weighted by atomic mass is 19.3. The van der Waals surface area contributed by atoms with Crippen LogP contribution in [0.25, 0.3) is 11.3 Å². The first-order valence-electron chi connectivity index (χ1n) is 15.4. The molecule has 2 aromatic heterocycles. The molecule has 1 aromatic carbocycles. The van der Waals surface area contributed by atoms with E-state index in [1.165, 1.54) is 19.1 Å². The van der Waals surface area contributed by atoms with Crippen molar-refractivity contribution in [1.82, 2.24) is 24.8 Å². The van der Waals surface area contributed by atoms with E-state index in [0.29, 0.717) is 29.0 Å². The average Bonchev–Trinajstić information content (AvgIpc) is 3.05. The lowest BCUT2D eigenvalue weighted by Gasteiger charge is -2.43. The average molecular weight is 651 g/mol. The molecule has 0 aliphatic carbocycles. The molecule has 3 saturated heterocycles. The molecule has 1 unspecified atom stereocenters. The smallest absolute Gasteiger partial charge is 0.301 e. The Morgan fingerprint density at radius 3 is 2.60 bits per heavy atom. The Bertz CT molecular complexity index is 1640. The zero-order valence-corrected chi connectivity index (χ0v) is 26.1. The van der Waals surface area contributed by atoms with Gasteiger partial charge in [-0.2, -0.15) is 10.2 Å². The molecule has 3 aromatic rings. The topological polar surface area (TPSA) is 149 Å². The number of halogens is 2. The minimum absolute atomic E-state index is 0.00140. The van der Waals surface area contributed by atoms with Gasteiger partial charge in [-0.3, -0.25) is 9.69 Å². The summed E-state index contributed by atoms with van der Waals surface area (Å²) in [7, 11) is 1.58. The number of alkyl halides is 2. The molecule has 3 fully saturated rings. The molecule has 0 bridgehead atoms. The second-order valence-electron chi connectivity index (χ2n) is 11.7. The van der Waals surface area contributed by atoms with E-state index in [0.717, 1.165) is 50.0 Å². The largest absolute Gasteiger partial charge is 0.483 e. The normalized spacial score (nSPS) is 20.6. The number of hydrogen-bond acceptors (Lipinski definition) is 12. The van der Waals surface area contributed by atoms with Crippen molar-refractivity contribution in [3.8, 4) is 29.0 Å². The van der Waals surface area contributed by atoms with Crippen molar-refractivity contribution < 1.29 is 32.9 Å². The fourth-order valence-corrected chi connectivity index (χ4v) is 5.90. The third-order valence-corrected chi connectivity index (χ3v) is 8.59. The van der Waals surface area contributed by atoms with Gasteiger partial charge in [0.15, 0.2) is 6.10 Å². The Labute approximate surface area is 270 Å². The second kappa shape index (κ2) is 13.6. The highest BCUT2D eigenvalue weighted by molar-refractivity contribution is 5.80. The number of aromatic nitrogens is 3. The van der Waals surface area contributed by atoms with E-state index in [9.17, 15) is 23.9 Å². The number of rotatable bonds is 9. The molecule has 6 rings (SSSR count). The number of benzene rings is 1. The number of hydrogen-bond donors (Lipinski definition) is 2. The summed E-state index contributed by atoms with van der Waals surface area (Å²) in [6.07, 6.45) is -1.52. The van der Waals surface area contributed by atoms with Crippen LogP contribution >= 0.6 is 0 Å². The third kappa shape index (κ3) is 7.04. The van der Waals surface area contributed by atoms with Gasteiger partial charge < -0.3 is 34.4 Å². The zero-order valence-electron chi connectivity index (χ0n) is 26.1. The van der Waals surface area contributed by atoms with Crippen LogP contribution in [0, 0.1) is 11.3 Å². The Morgan fingerprint density at radius 1 is 1.15 bits per heavy atom. The van der Waals surface area contributed by atoms with E-state index in [2.05, 4.69) is 30.1 Å². The third-order valence-electron chi connectivity index (χ3n) is 8.59. The summed E-state index contributed by atoms with van der Waals surface area (Å²) >= 11 is 0. The number of nitrogens with zero attached hydrogens (tertiary/aromatic N) is 7. The van der Waals surface area contributed by atoms with E-state index >= 15 is 0 Å². The summed E-state index contributed by atoms with van der Waals surface area (Å²) in [5, 5.41) is 22.4. The molecule has 0 saturated carbocycles. The van der Waals surface area contributed by atoms with Crippen LogP contribution in [-0.2, 0) is 9.53 Å². The van der Waals surface area contributed by atoms with Gasteiger partial charge in [-0.25, -0.2) is 18.7 Å². The van der Waals surface area contributed by atoms with Gasteiger partial charge in [0.2, 0.25) is 11.8 Å². The number of nitriles is 1. The van der Waals surface area contributed by atoms with E-state index in [1.807, 2.05) is 18.2 Å². The van der Waals surface area contributed by atoms with Crippen LogP contribution in [0.2, 0.25) is 0 Å². The highest BCUT2D eigenvalue weighted by Crippen LogP contribution is 2.34. The molecule has 13 nitrogen and oxygen atoms in total. The van der Waals surface area contributed by atoms with Crippen molar-refractivity contribution in [2.75, 3.05) is 69.8 Å². The van der Waals surface area contributed by atoms with Gasteiger partial charge in [-0.15, -0.1) is 0 Å². The molecule has 0 spiro atoms. The number of anilines is 3. The van der Waals surface area contributed by atoms with Crippen molar-refractivity contribution in [2.24, 2.45) is 0 Å². The number of likely N-dealkylation sites (tertiary alicyclic amines) is 1. The number of aliphatic hydroxyl groups is 1. The van der Waals surface area contributed by atoms with Gasteiger partial charge in [0.05, 0.1) is 44.2 Å². The van der Waals surface area contributed by atoms with Crippen molar-refractivity contribution >= 4 is 23.4 Å². The molecule has 47 heavy (non-hydrogen) atoms. The van der Waals surface area contributed by atoms with Gasteiger partial charge in [-0.05, 0) is 43.3 Å². The highest BCUT2D eigenvalue weighted by Gasteiger charge is 2.48. The molecule has 15 heteroatoms. The maximum Gasteiger partial charge on any atom is 0.301 e. The van der Waals surface area contributed by atoms with Gasteiger partial charge in [0.1, 0.15) is 29.4 Å². The standard InChI is InChI=1S/C32H36F2N8O5/c1-20(43)30(44)42-10-8-27(32(33,34)19-42)47-26-5-3-21(15-22(26)16-35)24-7-9-36-31(37-24)39-28-6-4-25(29(38-28)45-2)41-13-11-40(12-14-41)23-17-46-18-23/h3-7,9,15,20,23,27,43H,8,10-14,17-19H2,1-2H3,(H,36,37,38,39)/t20-,27?/m1/s1. The molecule has 3 aliphatic rings. The lowest BCUT2D eigenvalue weighted by molar-refractivity contribution is -0.165. The maximum atomic E-state index is 14.9. The van der Waals surface area contributed by atoms with Crippen LogP contribution in [0.3, 0.4) is 0 Å². The number of amides is 1. The molecule has 0 radical (unpaired) electrons. The fraction of sp³-hybridized carbons (Fsp3) is 0.469. The minimum Gasteiger partial charge on any atom is -0.483 e. The zero-order chi connectivity index (χ0) is 33.1. The first-order valence-corrected chi connectivity index (χ1v) is 15.4. The molecule has 2 atom stereocenters. The Balaban J connectivity index is 1.12. The van der Waals surface area contributed by atoms with Crippen LogP contribution in [0.5, 0.6) is 11.6 Å². The first-order chi connectivity index (χ1) is 22.6. The number of carbonyl (C=O) groups is 1. The van der Waals surface area contributed by atoms with E-state index in [-0.39, 0.29) is 30.2 Å². The van der Waals surface area contributed by atoms with Crippen LogP contribution in [0.1, 0.15) is 18.9 Å². The van der Waals surface area contributed by atoms with E-state index in [4.69, 9.17) is 14.2 Å². The number of pyridine rings is 1. The van der Waals surface area contributed by atoms with E-state index < -0.39 is 30.6 Å². The molecule has 248 valence electrons. The van der Waals surface area contributed by atoms with Crippen molar-refractivity contribution in [1.29, 1.82) is 5.26 Å². The molecule has 2 N–H and O–H groups in total. The predicted octanol–water partition coefficient (Wildman–Crippen LogP) is 2.68. The number of methoxy groups -OCH3 is 1. The number of nitrogens with one attached hydrogen (secondary N) is 1. The Morgan fingerprint density at radius 2 is 1.94 bits per heavy atom. The quantitative estimate of drug-likeness (QED) is 0.351. The molecule has 5 heterocycles. The monoisotopic (exact) mass is 650 g/mol. The van der Waals surface area contributed by atoms with Gasteiger partial charge in [0, 0.05) is 50.9 Å². The van der Waals surface area contributed by atoms with Crippen LogP contribution in [0.15, 0.2) is 42.6 Å². The van der Waals surface area contributed by atoms with Crippen molar-refractivity contribution in [3.63, 3.8) is 0 Å². The fourth-order valence-electron chi connectivity index (χ4n) is 5.90. The van der Waals surface area contributed by atoms with Gasteiger partial charge in [-0.1, -0.05) is 0 Å². The maximum absolute atomic E-state index is 14.9. The summed E-state index contributed by atoms with van der Waals surface area (Å²) in [5.74, 6) is -2.92. The molecule has 1 amide bonds. The SMILES string of the molecule is COc1nc(Nc2nccc(-c3ccc(OC4CCN(C(=O)[C@@H](C)O)CC4(F)F)c(C#N)c3)n2)ccc1N1CCN(C2COC2)CC1. The lowest BCUT2D eigenvalue weighted by atomic mass is 10.0. The number of carbonyl (C=O) groups excluding carboxylic acids is 1. The summed E-state index contributed by atoms with van der Waals surface area (Å²) < 4.78 is 46.4. The number of aliphatic hydroxyl groups excluding tert-OH is 1. The molecular weight excluding hydrogens is 614 g/mol. The number of piperidine rings is 1. The number of ether oxygens (including phenoxy) is 3. The van der Waals surface area contributed by atoms with Crippen LogP contribution in [0.4, 0.5) is 26.2 Å².